The van der Waals surface area contributed by atoms with E-state index in [1.165, 1.54) is 23.1 Å². The van der Waals surface area contributed by atoms with Crippen LogP contribution >= 0.6 is 11.3 Å². The fraction of sp³-hybridized carbons (Fsp3) is 0.520. The zero-order valence-electron chi connectivity index (χ0n) is 18.9. The van der Waals surface area contributed by atoms with E-state index in [-0.39, 0.29) is 11.6 Å². The van der Waals surface area contributed by atoms with Crippen molar-refractivity contribution >= 4 is 17.0 Å². The predicted molar refractivity (Wildman–Crippen MR) is 127 cm³/mol. The van der Waals surface area contributed by atoms with Gasteiger partial charge < -0.3 is 9.64 Å². The van der Waals surface area contributed by atoms with Crippen molar-refractivity contribution < 1.29 is 9.13 Å². The summed E-state index contributed by atoms with van der Waals surface area (Å²) in [7, 11) is 0. The lowest BCUT2D eigenvalue weighted by Crippen LogP contribution is -2.47. The molecule has 1 aromatic heterocycles. The van der Waals surface area contributed by atoms with Crippen LogP contribution in [0.15, 0.2) is 35.7 Å². The zero-order chi connectivity index (χ0) is 23.0. The van der Waals surface area contributed by atoms with Crippen LogP contribution in [0.4, 0.5) is 10.1 Å². The number of rotatable bonds is 10. The van der Waals surface area contributed by atoms with E-state index in [0.717, 1.165) is 52.1 Å². The van der Waals surface area contributed by atoms with Gasteiger partial charge in [0.2, 0.25) is 5.69 Å². The molecule has 2 aromatic rings. The third-order valence-electron chi connectivity index (χ3n) is 6.36. The second-order valence-corrected chi connectivity index (χ2v) is 9.52. The minimum Gasteiger partial charge on any atom is -0.503 e. The third-order valence-corrected chi connectivity index (χ3v) is 7.41. The molecule has 1 atom stereocenters. The Morgan fingerprint density at radius 2 is 1.94 bits per heavy atom. The van der Waals surface area contributed by atoms with E-state index in [1.807, 2.05) is 6.07 Å². The lowest BCUT2D eigenvalue weighted by Gasteiger charge is -2.36. The highest BCUT2D eigenvalue weighted by Gasteiger charge is 2.36. The van der Waals surface area contributed by atoms with Crippen LogP contribution in [-0.2, 0) is 5.41 Å². The Morgan fingerprint density at radius 1 is 1.22 bits per heavy atom. The summed E-state index contributed by atoms with van der Waals surface area (Å²) in [5, 5.41) is 12.1. The summed E-state index contributed by atoms with van der Waals surface area (Å²) in [6.45, 7) is 17.7. The molecule has 0 radical (unpaired) electrons. The minimum absolute atomic E-state index is 0.215. The predicted octanol–water partition coefficient (Wildman–Crippen LogP) is 5.33. The summed E-state index contributed by atoms with van der Waals surface area (Å²) in [6.07, 6.45) is 1.90. The number of nitrogens with zero attached hydrogens (tertiary/aromatic N) is 4. The molecule has 0 amide bonds. The molecule has 3 rings (SSSR count). The van der Waals surface area contributed by atoms with Crippen LogP contribution in [0.2, 0.25) is 0 Å². The number of hydrogen-bond acceptors (Lipinski definition) is 5. The van der Waals surface area contributed by atoms with Crippen molar-refractivity contribution in [2.45, 2.75) is 32.1 Å². The molecule has 0 bridgehead atoms. The van der Waals surface area contributed by atoms with Crippen molar-refractivity contribution in [1.82, 2.24) is 9.80 Å². The van der Waals surface area contributed by atoms with E-state index in [1.54, 1.807) is 11.3 Å². The zero-order valence-corrected chi connectivity index (χ0v) is 19.7. The van der Waals surface area contributed by atoms with Crippen molar-refractivity contribution in [3.8, 4) is 11.8 Å². The number of ether oxygens (including phenoxy) is 1. The molecule has 0 N–H and O–H groups in total. The molecule has 5 nitrogen and oxygen atoms in total. The molecule has 32 heavy (non-hydrogen) atoms. The van der Waals surface area contributed by atoms with Crippen molar-refractivity contribution in [2.24, 2.45) is 5.92 Å². The lowest BCUT2D eigenvalue weighted by atomic mass is 9.73. The van der Waals surface area contributed by atoms with Gasteiger partial charge in [0.1, 0.15) is 11.6 Å². The monoisotopic (exact) mass is 454 g/mol. The normalized spacial score (nSPS) is 16.9. The number of nitriles is 1. The summed E-state index contributed by atoms with van der Waals surface area (Å²) in [5.41, 5.74) is -0.176. The van der Waals surface area contributed by atoms with E-state index in [2.05, 4.69) is 46.0 Å². The molecular weight excluding hydrogens is 423 g/mol. The van der Waals surface area contributed by atoms with E-state index >= 15 is 0 Å². The summed E-state index contributed by atoms with van der Waals surface area (Å²) in [5.74, 6) is 0.305. The van der Waals surface area contributed by atoms with Gasteiger partial charge in [-0.15, -0.1) is 11.3 Å². The SMILES string of the molecule is [C-]#[N+]c1cc(F)ccc1OCCN1CCN(CCCC(C#N)(c2cccs2)C(C)C)CC1. The Balaban J connectivity index is 1.40. The smallest absolute Gasteiger partial charge is 0.230 e. The second kappa shape index (κ2) is 11.4. The molecule has 1 aliphatic rings. The summed E-state index contributed by atoms with van der Waals surface area (Å²) >= 11 is 1.69. The Bertz CT molecular complexity index is 942. The maximum Gasteiger partial charge on any atom is 0.230 e. The number of thiophene rings is 1. The number of piperazine rings is 1. The first-order chi connectivity index (χ1) is 15.5. The molecule has 0 aliphatic carbocycles. The van der Waals surface area contributed by atoms with Gasteiger partial charge >= 0.3 is 0 Å². The Hall–Kier alpha value is -2.45. The van der Waals surface area contributed by atoms with E-state index in [4.69, 9.17) is 11.3 Å². The van der Waals surface area contributed by atoms with Crippen LogP contribution in [0, 0.1) is 29.6 Å². The quantitative estimate of drug-likeness (QED) is 0.455. The maximum absolute atomic E-state index is 13.2. The Kier molecular flexibility index (Phi) is 8.64. The number of hydrogen-bond donors (Lipinski definition) is 0. The van der Waals surface area contributed by atoms with Crippen molar-refractivity contribution in [1.29, 1.82) is 5.26 Å². The molecule has 7 heteroatoms. The van der Waals surface area contributed by atoms with Crippen molar-refractivity contribution in [3.05, 3.63) is 57.8 Å². The van der Waals surface area contributed by atoms with Gasteiger partial charge in [0.15, 0.2) is 0 Å². The van der Waals surface area contributed by atoms with Crippen molar-refractivity contribution in [2.75, 3.05) is 45.9 Å². The standard InChI is InChI=1S/C25H31FN4OS/c1-20(2)25(19-27,24-6-4-17-32-24)9-5-10-29-11-13-30(14-12-29)15-16-31-23-8-7-21(26)18-22(23)28-3/h4,6-8,17-18,20H,5,9-16H2,1-2H3. The van der Waals surface area contributed by atoms with Gasteiger partial charge in [0.25, 0.3) is 0 Å². The molecular formula is C25H31FN4OS. The summed E-state index contributed by atoms with van der Waals surface area (Å²) in [4.78, 5) is 9.35. The van der Waals surface area contributed by atoms with Crippen molar-refractivity contribution in [3.63, 3.8) is 0 Å². The first-order valence-electron chi connectivity index (χ1n) is 11.2. The highest BCUT2D eigenvalue weighted by atomic mass is 32.1. The van der Waals surface area contributed by atoms with Gasteiger partial charge in [0, 0.05) is 37.6 Å². The highest BCUT2D eigenvalue weighted by Crippen LogP contribution is 2.39. The van der Waals surface area contributed by atoms with Crippen LogP contribution < -0.4 is 4.74 Å². The Labute approximate surface area is 194 Å². The maximum atomic E-state index is 13.2. The first-order valence-corrected chi connectivity index (χ1v) is 12.1. The van der Waals surface area contributed by atoms with Gasteiger partial charge in [-0.1, -0.05) is 19.9 Å². The van der Waals surface area contributed by atoms with E-state index in [0.29, 0.717) is 12.4 Å². The van der Waals surface area contributed by atoms with Gasteiger partial charge in [0.05, 0.1) is 24.7 Å². The second-order valence-electron chi connectivity index (χ2n) is 8.57. The molecule has 1 unspecified atom stereocenters. The molecule has 1 saturated heterocycles. The van der Waals surface area contributed by atoms with Crippen LogP contribution in [-0.4, -0.2) is 55.7 Å². The van der Waals surface area contributed by atoms with Gasteiger partial charge in [-0.3, -0.25) is 4.90 Å². The summed E-state index contributed by atoms with van der Waals surface area (Å²) in [6, 6.07) is 10.8. The van der Waals surface area contributed by atoms with Gasteiger partial charge in [-0.2, -0.15) is 5.26 Å². The van der Waals surface area contributed by atoms with Crippen LogP contribution in [0.5, 0.6) is 5.75 Å². The largest absolute Gasteiger partial charge is 0.503 e. The van der Waals surface area contributed by atoms with Gasteiger partial charge in [-0.25, -0.2) is 9.24 Å². The number of benzene rings is 1. The average molecular weight is 455 g/mol. The first kappa shape index (κ1) is 24.2. The van der Waals surface area contributed by atoms with Crippen LogP contribution in [0.3, 0.4) is 0 Å². The number of halogens is 1. The van der Waals surface area contributed by atoms with Crippen LogP contribution in [0.1, 0.15) is 31.6 Å². The van der Waals surface area contributed by atoms with E-state index < -0.39 is 11.2 Å². The molecule has 2 heterocycles. The molecule has 170 valence electrons. The lowest BCUT2D eigenvalue weighted by molar-refractivity contribution is 0.114. The molecule has 1 aliphatic heterocycles. The van der Waals surface area contributed by atoms with Crippen LogP contribution in [0.25, 0.3) is 4.85 Å². The van der Waals surface area contributed by atoms with E-state index in [9.17, 15) is 9.65 Å². The fourth-order valence-corrected chi connectivity index (χ4v) is 5.33. The van der Waals surface area contributed by atoms with Gasteiger partial charge in [-0.05, 0) is 54.9 Å². The fourth-order valence-electron chi connectivity index (χ4n) is 4.27. The Morgan fingerprint density at radius 3 is 2.53 bits per heavy atom. The summed E-state index contributed by atoms with van der Waals surface area (Å²) < 4.78 is 19.0. The minimum atomic E-state index is -0.421. The average Bonchev–Trinajstić information content (AvgIpc) is 3.34. The topological polar surface area (TPSA) is 43.9 Å². The highest BCUT2D eigenvalue weighted by molar-refractivity contribution is 7.10. The molecule has 0 spiro atoms. The molecule has 1 aromatic carbocycles. The third kappa shape index (κ3) is 5.86. The molecule has 0 saturated carbocycles. The molecule has 1 fully saturated rings.